The summed E-state index contributed by atoms with van der Waals surface area (Å²) in [6.45, 7) is 1.94. The van der Waals surface area contributed by atoms with Crippen LogP contribution < -0.4 is 5.32 Å². The number of carbonyl (C=O) groups is 2. The Morgan fingerprint density at radius 2 is 1.85 bits per heavy atom. The van der Waals surface area contributed by atoms with E-state index in [0.717, 1.165) is 0 Å². The Kier molecular flexibility index (Phi) is 5.57. The molecule has 1 saturated carbocycles. The fraction of sp³-hybridized carbons (Fsp3) is 0.833. The Labute approximate surface area is 122 Å². The summed E-state index contributed by atoms with van der Waals surface area (Å²) < 4.78 is 50.4. The Morgan fingerprint density at radius 3 is 2.25 bits per heavy atom. The first kappa shape index (κ1) is 17.4. The molecule has 0 heterocycles. The second-order valence-corrected chi connectivity index (χ2v) is 5.76. The minimum absolute atomic E-state index is 0.123. The third-order valence-corrected chi connectivity index (χ3v) is 4.22. The lowest BCUT2D eigenvalue weighted by Crippen LogP contribution is -2.61. The molecular formula is C12H16BrF4NO2. The summed E-state index contributed by atoms with van der Waals surface area (Å²) in [6.07, 6.45) is -2.59. The van der Waals surface area contributed by atoms with Gasteiger partial charge in [-0.15, -0.1) is 0 Å². The summed E-state index contributed by atoms with van der Waals surface area (Å²) in [7, 11) is 0. The van der Waals surface area contributed by atoms with Crippen molar-refractivity contribution < 1.29 is 27.2 Å². The molecule has 20 heavy (non-hydrogen) atoms. The number of hydrogen-bond donors (Lipinski definition) is 1. The number of rotatable bonds is 5. The van der Waals surface area contributed by atoms with Crippen LogP contribution in [0.1, 0.15) is 32.6 Å². The Bertz CT molecular complexity index is 382. The molecule has 1 fully saturated rings. The summed E-state index contributed by atoms with van der Waals surface area (Å²) in [5, 5.41) is 1.75. The highest BCUT2D eigenvalue weighted by molar-refractivity contribution is 9.09. The van der Waals surface area contributed by atoms with E-state index in [0.29, 0.717) is 18.8 Å². The lowest BCUT2D eigenvalue weighted by molar-refractivity contribution is -0.172. The molecule has 8 heteroatoms. The number of ketones is 1. The van der Waals surface area contributed by atoms with Crippen LogP contribution in [0.2, 0.25) is 0 Å². The van der Waals surface area contributed by atoms with Crippen molar-refractivity contribution in [2.75, 3.05) is 5.33 Å². The SMILES string of the molecule is CC1CCC(NC(=O)C(F)(F)C(F)F)(C(=O)CBr)CC1. The van der Waals surface area contributed by atoms with Crippen LogP contribution >= 0.6 is 15.9 Å². The van der Waals surface area contributed by atoms with Crippen LogP contribution in [0.4, 0.5) is 17.6 Å². The van der Waals surface area contributed by atoms with Gasteiger partial charge in [-0.2, -0.15) is 8.78 Å². The van der Waals surface area contributed by atoms with Gasteiger partial charge in [-0.25, -0.2) is 8.78 Å². The molecule has 1 N–H and O–H groups in total. The largest absolute Gasteiger partial charge is 0.383 e. The van der Waals surface area contributed by atoms with Crippen LogP contribution in [0, 0.1) is 5.92 Å². The summed E-state index contributed by atoms with van der Waals surface area (Å²) >= 11 is 2.93. The predicted molar refractivity (Wildman–Crippen MR) is 68.3 cm³/mol. The Hall–Kier alpha value is -0.660. The minimum atomic E-state index is -4.79. The lowest BCUT2D eigenvalue weighted by Gasteiger charge is -2.39. The van der Waals surface area contributed by atoms with Crippen molar-refractivity contribution in [3.05, 3.63) is 0 Å². The molecule has 3 nitrogen and oxygen atoms in total. The number of alkyl halides is 5. The molecule has 0 aromatic rings. The molecular weight excluding hydrogens is 346 g/mol. The molecule has 0 radical (unpaired) electrons. The van der Waals surface area contributed by atoms with Crippen LogP contribution in [0.25, 0.3) is 0 Å². The zero-order valence-corrected chi connectivity index (χ0v) is 12.5. The second-order valence-electron chi connectivity index (χ2n) is 5.20. The molecule has 1 aliphatic rings. The summed E-state index contributed by atoms with van der Waals surface area (Å²) in [5.74, 6) is -7.04. The van der Waals surface area contributed by atoms with Crippen molar-refractivity contribution in [2.45, 2.75) is 50.5 Å². The van der Waals surface area contributed by atoms with E-state index < -0.39 is 29.6 Å². The first-order valence-electron chi connectivity index (χ1n) is 6.23. The van der Waals surface area contributed by atoms with E-state index in [9.17, 15) is 27.2 Å². The maximum absolute atomic E-state index is 13.0. The third-order valence-electron chi connectivity index (χ3n) is 3.71. The van der Waals surface area contributed by atoms with Crippen molar-refractivity contribution >= 4 is 27.6 Å². The van der Waals surface area contributed by atoms with Gasteiger partial charge >= 0.3 is 12.3 Å². The summed E-state index contributed by atoms with van der Waals surface area (Å²) in [5.41, 5.74) is -1.47. The number of nitrogens with one attached hydrogen (secondary N) is 1. The van der Waals surface area contributed by atoms with Gasteiger partial charge in [-0.1, -0.05) is 22.9 Å². The number of halogens is 5. The topological polar surface area (TPSA) is 46.2 Å². The minimum Gasteiger partial charge on any atom is -0.338 e. The van der Waals surface area contributed by atoms with Crippen molar-refractivity contribution in [1.82, 2.24) is 5.32 Å². The van der Waals surface area contributed by atoms with E-state index in [4.69, 9.17) is 0 Å². The number of hydrogen-bond acceptors (Lipinski definition) is 2. The molecule has 0 spiro atoms. The van der Waals surface area contributed by atoms with E-state index in [1.54, 1.807) is 0 Å². The summed E-state index contributed by atoms with van der Waals surface area (Å²) in [4.78, 5) is 23.3. The van der Waals surface area contributed by atoms with E-state index >= 15 is 0 Å². The van der Waals surface area contributed by atoms with Gasteiger partial charge in [-0.3, -0.25) is 9.59 Å². The van der Waals surface area contributed by atoms with Crippen molar-refractivity contribution in [1.29, 1.82) is 0 Å². The molecule has 0 atom stereocenters. The van der Waals surface area contributed by atoms with Crippen LogP contribution in [0.15, 0.2) is 0 Å². The Balaban J connectivity index is 2.92. The smallest absolute Gasteiger partial charge is 0.338 e. The zero-order chi connectivity index (χ0) is 15.6. The average molecular weight is 362 g/mol. The van der Waals surface area contributed by atoms with Gasteiger partial charge in [-0.05, 0) is 31.6 Å². The van der Waals surface area contributed by atoms with Crippen molar-refractivity contribution in [3.63, 3.8) is 0 Å². The average Bonchev–Trinajstić information content (AvgIpc) is 2.40. The molecule has 0 saturated heterocycles. The molecule has 0 aromatic carbocycles. The molecule has 1 rings (SSSR count). The van der Waals surface area contributed by atoms with Gasteiger partial charge in [0.15, 0.2) is 5.78 Å². The van der Waals surface area contributed by atoms with Crippen molar-refractivity contribution in [3.8, 4) is 0 Å². The Morgan fingerprint density at radius 1 is 1.35 bits per heavy atom. The molecule has 0 unspecified atom stereocenters. The highest BCUT2D eigenvalue weighted by Crippen LogP contribution is 2.34. The molecule has 0 aliphatic heterocycles. The number of amides is 1. The standard InChI is InChI=1S/C12H16BrF4NO2/c1-7-2-4-11(5-3-7,8(19)6-13)18-10(20)12(16,17)9(14)15/h7,9H,2-6H2,1H3,(H,18,20). The normalized spacial score (nSPS) is 27.4. The van der Waals surface area contributed by atoms with Gasteiger partial charge in [0.05, 0.1) is 10.9 Å². The molecule has 0 aromatic heterocycles. The number of Topliss-reactive ketones (excluding diaryl/α,β-unsaturated/α-hetero) is 1. The molecule has 116 valence electrons. The number of carbonyl (C=O) groups excluding carboxylic acids is 2. The van der Waals surface area contributed by atoms with Crippen LogP contribution in [0.3, 0.4) is 0 Å². The first-order chi connectivity index (χ1) is 9.15. The fourth-order valence-electron chi connectivity index (χ4n) is 2.26. The third kappa shape index (κ3) is 3.51. The summed E-state index contributed by atoms with van der Waals surface area (Å²) in [6, 6.07) is 0. The van der Waals surface area contributed by atoms with Crippen LogP contribution in [-0.2, 0) is 9.59 Å². The van der Waals surface area contributed by atoms with Gasteiger partial charge in [0.2, 0.25) is 0 Å². The molecule has 1 amide bonds. The van der Waals surface area contributed by atoms with Gasteiger partial charge in [0.1, 0.15) is 0 Å². The maximum atomic E-state index is 13.0. The van der Waals surface area contributed by atoms with Crippen LogP contribution in [-0.4, -0.2) is 34.9 Å². The highest BCUT2D eigenvalue weighted by Gasteiger charge is 2.53. The quantitative estimate of drug-likeness (QED) is 0.604. The predicted octanol–water partition coefficient (Wildman–Crippen LogP) is 2.92. The zero-order valence-electron chi connectivity index (χ0n) is 10.9. The highest BCUT2D eigenvalue weighted by atomic mass is 79.9. The van der Waals surface area contributed by atoms with Gasteiger partial charge in [0, 0.05) is 0 Å². The molecule has 0 bridgehead atoms. The maximum Gasteiger partial charge on any atom is 0.383 e. The van der Waals surface area contributed by atoms with Crippen molar-refractivity contribution in [2.24, 2.45) is 5.92 Å². The van der Waals surface area contributed by atoms with E-state index in [2.05, 4.69) is 15.9 Å². The van der Waals surface area contributed by atoms with E-state index in [1.165, 1.54) is 0 Å². The second kappa shape index (κ2) is 6.41. The lowest BCUT2D eigenvalue weighted by atomic mass is 9.75. The monoisotopic (exact) mass is 361 g/mol. The van der Waals surface area contributed by atoms with E-state index in [1.807, 2.05) is 12.2 Å². The van der Waals surface area contributed by atoms with Gasteiger partial charge in [0.25, 0.3) is 5.91 Å². The van der Waals surface area contributed by atoms with E-state index in [-0.39, 0.29) is 18.2 Å². The first-order valence-corrected chi connectivity index (χ1v) is 7.35. The van der Waals surface area contributed by atoms with Gasteiger partial charge < -0.3 is 5.32 Å². The molecule has 1 aliphatic carbocycles. The van der Waals surface area contributed by atoms with Crippen LogP contribution in [0.5, 0.6) is 0 Å². The fourth-order valence-corrected chi connectivity index (χ4v) is 2.79.